The molecular formula is C19H22N2O7S2. The van der Waals surface area contributed by atoms with Crippen LogP contribution in [0.4, 0.5) is 0 Å². The molecule has 162 valence electrons. The lowest BCUT2D eigenvalue weighted by atomic mass is 9.99. The van der Waals surface area contributed by atoms with Crippen molar-refractivity contribution in [3.8, 4) is 11.5 Å². The summed E-state index contributed by atoms with van der Waals surface area (Å²) in [6.07, 6.45) is 3.03. The molecule has 30 heavy (non-hydrogen) atoms. The first-order chi connectivity index (χ1) is 14.1. The lowest BCUT2D eigenvalue weighted by Crippen LogP contribution is -2.56. The second-order valence-corrected chi connectivity index (χ2v) is 10.9. The molecule has 3 N–H and O–H groups in total. The zero-order valence-electron chi connectivity index (χ0n) is 16.2. The van der Waals surface area contributed by atoms with Gasteiger partial charge < -0.3 is 4.74 Å². The predicted molar refractivity (Wildman–Crippen MR) is 108 cm³/mol. The van der Waals surface area contributed by atoms with E-state index < -0.39 is 31.3 Å². The van der Waals surface area contributed by atoms with E-state index in [2.05, 4.69) is 4.72 Å². The average molecular weight is 455 g/mol. The quantitative estimate of drug-likeness (QED) is 0.429. The number of sulfone groups is 1. The Morgan fingerprint density at radius 3 is 1.80 bits per heavy atom. The molecule has 0 bridgehead atoms. The summed E-state index contributed by atoms with van der Waals surface area (Å²) in [5, 5.41) is 8.98. The highest BCUT2D eigenvalue weighted by Crippen LogP contribution is 2.32. The minimum atomic E-state index is -4.01. The highest BCUT2D eigenvalue weighted by atomic mass is 32.2. The van der Waals surface area contributed by atoms with Crippen molar-refractivity contribution in [3.05, 3.63) is 48.5 Å². The number of carbonyl (C=O) groups is 1. The van der Waals surface area contributed by atoms with Crippen molar-refractivity contribution >= 4 is 25.8 Å². The summed E-state index contributed by atoms with van der Waals surface area (Å²) in [4.78, 5) is 12.1. The number of benzene rings is 2. The molecule has 1 fully saturated rings. The van der Waals surface area contributed by atoms with Crippen LogP contribution in [0.25, 0.3) is 0 Å². The third-order valence-corrected chi connectivity index (χ3v) is 7.63. The smallest absolute Gasteiger partial charge is 0.264 e. The van der Waals surface area contributed by atoms with Crippen molar-refractivity contribution in [1.82, 2.24) is 10.2 Å². The van der Waals surface area contributed by atoms with E-state index in [-0.39, 0.29) is 9.79 Å². The number of hydroxylamine groups is 1. The number of hydrogen-bond acceptors (Lipinski definition) is 7. The van der Waals surface area contributed by atoms with Gasteiger partial charge in [-0.15, -0.1) is 0 Å². The van der Waals surface area contributed by atoms with Gasteiger partial charge in [-0.2, -0.15) is 4.72 Å². The first-order valence-electron chi connectivity index (χ1n) is 9.12. The Bertz CT molecular complexity index is 1120. The predicted octanol–water partition coefficient (Wildman–Crippen LogP) is 1.98. The molecule has 0 heterocycles. The molecule has 11 heteroatoms. The van der Waals surface area contributed by atoms with Crippen molar-refractivity contribution in [2.24, 2.45) is 0 Å². The van der Waals surface area contributed by atoms with Crippen LogP contribution < -0.4 is 14.9 Å². The van der Waals surface area contributed by atoms with E-state index in [0.717, 1.165) is 6.26 Å². The molecule has 0 spiro atoms. The summed E-state index contributed by atoms with van der Waals surface area (Å²) in [7, 11) is -7.32. The van der Waals surface area contributed by atoms with Crippen LogP contribution in [0.15, 0.2) is 58.3 Å². The molecule has 0 unspecified atom stereocenters. The zero-order valence-corrected chi connectivity index (χ0v) is 17.8. The molecule has 1 amide bonds. The fourth-order valence-corrected chi connectivity index (χ4v) is 5.41. The van der Waals surface area contributed by atoms with Crippen LogP contribution in [0, 0.1) is 0 Å². The van der Waals surface area contributed by atoms with Crippen molar-refractivity contribution in [3.63, 3.8) is 0 Å². The minimum Gasteiger partial charge on any atom is -0.457 e. The van der Waals surface area contributed by atoms with E-state index in [1.165, 1.54) is 48.5 Å². The highest BCUT2D eigenvalue weighted by Gasteiger charge is 2.44. The molecule has 0 aliphatic heterocycles. The third kappa shape index (κ3) is 4.81. The lowest BCUT2D eigenvalue weighted by molar-refractivity contribution is -0.135. The summed E-state index contributed by atoms with van der Waals surface area (Å²) in [5.41, 5.74) is 0.177. The van der Waals surface area contributed by atoms with Gasteiger partial charge in [0.15, 0.2) is 9.84 Å². The van der Waals surface area contributed by atoms with Gasteiger partial charge >= 0.3 is 0 Å². The summed E-state index contributed by atoms with van der Waals surface area (Å²) in [5.74, 6) is -0.0357. The molecule has 2 aromatic rings. The molecule has 0 atom stereocenters. The van der Waals surface area contributed by atoms with E-state index in [9.17, 15) is 21.6 Å². The number of sulfonamides is 1. The summed E-state index contributed by atoms with van der Waals surface area (Å²) >= 11 is 0. The average Bonchev–Trinajstić information content (AvgIpc) is 3.16. The Kier molecular flexibility index (Phi) is 6.18. The van der Waals surface area contributed by atoms with Crippen LogP contribution in [0.5, 0.6) is 11.5 Å². The molecule has 1 aliphatic carbocycles. The summed E-state index contributed by atoms with van der Waals surface area (Å²) in [6, 6.07) is 11.4. The molecule has 0 radical (unpaired) electrons. The standard InChI is InChI=1S/C19H22N2O7S2/c1-29(24,25)16-8-4-14(5-9-16)28-15-6-10-17(11-7-15)30(26,27)21-19(18(22)20-23)12-2-3-13-19/h4-11,21,23H,2-3,12-13H2,1H3,(H,20,22). The molecule has 0 saturated heterocycles. The fraction of sp³-hybridized carbons (Fsp3) is 0.316. The Morgan fingerprint density at radius 1 is 0.900 bits per heavy atom. The second kappa shape index (κ2) is 8.34. The number of carbonyl (C=O) groups excluding carboxylic acids is 1. The minimum absolute atomic E-state index is 0.0562. The summed E-state index contributed by atoms with van der Waals surface area (Å²) < 4.78 is 56.5. The van der Waals surface area contributed by atoms with Crippen LogP contribution in [-0.4, -0.2) is 39.7 Å². The lowest BCUT2D eigenvalue weighted by Gasteiger charge is -2.27. The van der Waals surface area contributed by atoms with Crippen LogP contribution in [0.2, 0.25) is 0 Å². The van der Waals surface area contributed by atoms with Gasteiger partial charge in [0.25, 0.3) is 5.91 Å². The number of amides is 1. The molecular weight excluding hydrogens is 432 g/mol. The zero-order chi connectivity index (χ0) is 22.0. The molecule has 1 aliphatic rings. The normalized spacial score (nSPS) is 16.2. The molecule has 2 aromatic carbocycles. The monoisotopic (exact) mass is 454 g/mol. The van der Waals surface area contributed by atoms with Gasteiger partial charge in [-0.3, -0.25) is 10.0 Å². The SMILES string of the molecule is CS(=O)(=O)c1ccc(Oc2ccc(S(=O)(=O)NC3(C(=O)NO)CCCC3)cc2)cc1. The van der Waals surface area contributed by atoms with Crippen molar-refractivity contribution in [1.29, 1.82) is 0 Å². The highest BCUT2D eigenvalue weighted by molar-refractivity contribution is 7.90. The largest absolute Gasteiger partial charge is 0.457 e. The molecule has 3 rings (SSSR count). The van der Waals surface area contributed by atoms with Crippen molar-refractivity contribution in [2.45, 2.75) is 41.0 Å². The van der Waals surface area contributed by atoms with Crippen LogP contribution >= 0.6 is 0 Å². The maximum absolute atomic E-state index is 12.7. The number of rotatable bonds is 7. The van der Waals surface area contributed by atoms with E-state index in [0.29, 0.717) is 37.2 Å². The first kappa shape index (κ1) is 22.2. The van der Waals surface area contributed by atoms with Gasteiger partial charge in [0.05, 0.1) is 9.79 Å². The Labute approximate surface area is 175 Å². The number of ether oxygens (including phenoxy) is 1. The molecule has 1 saturated carbocycles. The van der Waals surface area contributed by atoms with Gasteiger partial charge in [-0.1, -0.05) is 12.8 Å². The Balaban J connectivity index is 1.75. The topological polar surface area (TPSA) is 139 Å². The number of hydrogen-bond donors (Lipinski definition) is 3. The second-order valence-electron chi connectivity index (χ2n) is 7.15. The van der Waals surface area contributed by atoms with Gasteiger partial charge in [-0.05, 0) is 61.4 Å². The molecule has 9 nitrogen and oxygen atoms in total. The molecule has 0 aromatic heterocycles. The number of nitrogens with one attached hydrogen (secondary N) is 2. The Hall–Kier alpha value is -2.47. The maximum Gasteiger partial charge on any atom is 0.264 e. The van der Waals surface area contributed by atoms with Gasteiger partial charge in [0.2, 0.25) is 10.0 Å². The van der Waals surface area contributed by atoms with Crippen LogP contribution in [0.1, 0.15) is 25.7 Å². The van der Waals surface area contributed by atoms with Gasteiger partial charge in [0.1, 0.15) is 17.0 Å². The van der Waals surface area contributed by atoms with Gasteiger partial charge in [-0.25, -0.2) is 22.3 Å². The summed E-state index contributed by atoms with van der Waals surface area (Å²) in [6.45, 7) is 0. The van der Waals surface area contributed by atoms with E-state index in [4.69, 9.17) is 9.94 Å². The fourth-order valence-electron chi connectivity index (χ4n) is 3.35. The van der Waals surface area contributed by atoms with E-state index in [1.54, 1.807) is 5.48 Å². The Morgan fingerprint density at radius 2 is 1.37 bits per heavy atom. The van der Waals surface area contributed by atoms with Crippen molar-refractivity contribution in [2.75, 3.05) is 6.26 Å². The first-order valence-corrected chi connectivity index (χ1v) is 12.5. The van der Waals surface area contributed by atoms with Crippen molar-refractivity contribution < 1.29 is 31.6 Å². The maximum atomic E-state index is 12.7. The third-order valence-electron chi connectivity index (χ3n) is 4.94. The van der Waals surface area contributed by atoms with Crippen LogP contribution in [0.3, 0.4) is 0 Å². The van der Waals surface area contributed by atoms with E-state index >= 15 is 0 Å². The van der Waals surface area contributed by atoms with Gasteiger partial charge in [0, 0.05) is 6.26 Å². The van der Waals surface area contributed by atoms with Crippen LogP contribution in [-0.2, 0) is 24.7 Å². The van der Waals surface area contributed by atoms with E-state index in [1.807, 2.05) is 0 Å².